The number of nitrogens with one attached hydrogen (secondary N) is 2. The summed E-state index contributed by atoms with van der Waals surface area (Å²) in [5.74, 6) is -3.96. The third-order valence-electron chi connectivity index (χ3n) is 9.59. The van der Waals surface area contributed by atoms with Crippen LogP contribution in [0.15, 0.2) is 48.0 Å². The lowest BCUT2D eigenvalue weighted by Crippen LogP contribution is -2.55. The number of aliphatic hydroxyl groups is 1. The highest BCUT2D eigenvalue weighted by Crippen LogP contribution is 2.34. The third-order valence-corrected chi connectivity index (χ3v) is 10.6. The summed E-state index contributed by atoms with van der Waals surface area (Å²) in [5.41, 5.74) is 11.3. The van der Waals surface area contributed by atoms with Gasteiger partial charge in [-0.3, -0.25) is 19.3 Å². The van der Waals surface area contributed by atoms with Gasteiger partial charge in [-0.15, -0.1) is 21.5 Å². The molecule has 4 heterocycles. The van der Waals surface area contributed by atoms with Crippen molar-refractivity contribution < 1.29 is 33.4 Å². The van der Waals surface area contributed by atoms with Crippen molar-refractivity contribution in [3.63, 3.8) is 0 Å². The molecule has 2 aromatic heterocycles. The summed E-state index contributed by atoms with van der Waals surface area (Å²) in [6, 6.07) is 8.69. The number of phenolic OH excluding ortho intramolecular Hbond substituents is 1. The monoisotopic (exact) mass is 749 g/mol. The van der Waals surface area contributed by atoms with Crippen LogP contribution in [-0.2, 0) is 14.4 Å². The summed E-state index contributed by atoms with van der Waals surface area (Å²) < 4.78 is 27.4. The molecule has 6 N–H and O–H groups in total. The van der Waals surface area contributed by atoms with Crippen LogP contribution in [0.5, 0.6) is 5.75 Å². The van der Waals surface area contributed by atoms with Crippen LogP contribution in [-0.4, -0.2) is 110 Å². The lowest BCUT2D eigenvalue weighted by molar-refractivity contribution is -0.141. The van der Waals surface area contributed by atoms with Crippen LogP contribution in [0.2, 0.25) is 0 Å². The zero-order valence-electron chi connectivity index (χ0n) is 29.4. The Bertz CT molecular complexity index is 1990. The fourth-order valence-corrected chi connectivity index (χ4v) is 7.48. The molecule has 2 saturated heterocycles. The molecular weight excluding hydrogens is 709 g/mol. The number of likely N-dealkylation sites (tertiary alicyclic amines) is 1. The smallest absolute Gasteiger partial charge is 0.245 e. The molecule has 2 aromatic carbocycles. The third kappa shape index (κ3) is 8.37. The minimum atomic E-state index is -1.19. The van der Waals surface area contributed by atoms with Gasteiger partial charge in [0, 0.05) is 50.8 Å². The summed E-state index contributed by atoms with van der Waals surface area (Å²) in [6.45, 7) is 7.13. The molecule has 0 bridgehead atoms. The average Bonchev–Trinajstić information content (AvgIpc) is 3.75. The number of hydrogen-bond donors (Lipinski definition) is 5. The van der Waals surface area contributed by atoms with Crippen LogP contribution in [0.1, 0.15) is 37.6 Å². The van der Waals surface area contributed by atoms with Crippen LogP contribution in [0, 0.1) is 18.6 Å². The van der Waals surface area contributed by atoms with Gasteiger partial charge in [0.15, 0.2) is 17.5 Å². The first-order valence-corrected chi connectivity index (χ1v) is 18.0. The van der Waals surface area contributed by atoms with E-state index in [9.17, 15) is 33.4 Å². The van der Waals surface area contributed by atoms with Gasteiger partial charge in [-0.25, -0.2) is 13.8 Å². The van der Waals surface area contributed by atoms with E-state index >= 15 is 0 Å². The standard InChI is InChI=1S/C36H41F2N9O5S/c1-19(22-4-6-23(7-5-22)33-20(2)40-18-53-33)42-35(51)30-12-24(48)16-47(30)36(52)21(3)41-32(50)17-45-8-10-46(11-9-45)29-15-28(43-44-34(29)39)25-13-26(37)27(38)14-31(25)49/h4-7,13-15,18-19,21,24,30,48-49H,8-12,16-17H2,1-3H3,(H2,39,44)(H,41,50)(H,42,51)/t19-,21-,24+,30-/m0/s1. The molecule has 17 heteroatoms. The molecule has 2 aliphatic rings. The summed E-state index contributed by atoms with van der Waals surface area (Å²) in [6.07, 6.45) is -0.797. The van der Waals surface area contributed by atoms with E-state index < -0.39 is 41.5 Å². The van der Waals surface area contributed by atoms with Crippen molar-refractivity contribution in [1.29, 1.82) is 0 Å². The number of aromatic nitrogens is 3. The van der Waals surface area contributed by atoms with Gasteiger partial charge < -0.3 is 36.4 Å². The molecule has 0 spiro atoms. The van der Waals surface area contributed by atoms with E-state index in [-0.39, 0.29) is 54.4 Å². The quantitative estimate of drug-likeness (QED) is 0.160. The fourth-order valence-electron chi connectivity index (χ4n) is 6.67. The largest absolute Gasteiger partial charge is 0.507 e. The molecule has 0 saturated carbocycles. The van der Waals surface area contributed by atoms with Crippen molar-refractivity contribution in [2.45, 2.75) is 51.4 Å². The molecule has 6 rings (SSSR count). The number of aromatic hydroxyl groups is 1. The maximum absolute atomic E-state index is 13.9. The summed E-state index contributed by atoms with van der Waals surface area (Å²) >= 11 is 1.56. The SMILES string of the molecule is Cc1ncsc1-c1ccc([C@H](C)NC(=O)[C@@H]2C[C@@H](O)CN2C(=O)[C@H](C)NC(=O)CN2CCN(c3cc(-c4cc(F)c(F)cc4O)nnc3N)CC2)cc1. The lowest BCUT2D eigenvalue weighted by Gasteiger charge is -2.36. The Hall–Kier alpha value is -5.26. The van der Waals surface area contributed by atoms with Gasteiger partial charge >= 0.3 is 0 Å². The second kappa shape index (κ2) is 15.8. The van der Waals surface area contributed by atoms with Crippen molar-refractivity contribution in [2.24, 2.45) is 0 Å². The zero-order chi connectivity index (χ0) is 38.0. The summed E-state index contributed by atoms with van der Waals surface area (Å²) in [7, 11) is 0. The van der Waals surface area contributed by atoms with E-state index in [1.54, 1.807) is 23.8 Å². The van der Waals surface area contributed by atoms with Crippen LogP contribution in [0.4, 0.5) is 20.3 Å². The molecule has 3 amide bonds. The molecule has 4 atom stereocenters. The van der Waals surface area contributed by atoms with Gasteiger partial charge in [0.1, 0.15) is 17.8 Å². The van der Waals surface area contributed by atoms with Crippen LogP contribution in [0.3, 0.4) is 0 Å². The number of aryl methyl sites for hydroxylation is 1. The maximum Gasteiger partial charge on any atom is 0.245 e. The number of aliphatic hydroxyl groups excluding tert-OH is 1. The van der Waals surface area contributed by atoms with Crippen molar-refractivity contribution in [1.82, 2.24) is 35.6 Å². The molecule has 280 valence electrons. The fraction of sp³-hybridized carbons (Fsp3) is 0.389. The lowest BCUT2D eigenvalue weighted by atomic mass is 10.0. The highest BCUT2D eigenvalue weighted by Gasteiger charge is 2.41. The molecule has 0 radical (unpaired) electrons. The number of carbonyl (C=O) groups is 3. The Morgan fingerprint density at radius 1 is 1.02 bits per heavy atom. The first-order valence-electron chi connectivity index (χ1n) is 17.2. The number of nitrogen functional groups attached to an aromatic ring is 1. The highest BCUT2D eigenvalue weighted by molar-refractivity contribution is 7.13. The average molecular weight is 750 g/mol. The number of phenols is 1. The van der Waals surface area contributed by atoms with Crippen molar-refractivity contribution in [2.75, 3.05) is 49.9 Å². The maximum atomic E-state index is 13.9. The summed E-state index contributed by atoms with van der Waals surface area (Å²) in [5, 5.41) is 34.2. The molecule has 2 fully saturated rings. The Kier molecular flexibility index (Phi) is 11.2. The van der Waals surface area contributed by atoms with Crippen LogP contribution >= 0.6 is 11.3 Å². The number of halogens is 2. The zero-order valence-corrected chi connectivity index (χ0v) is 30.2. The first kappa shape index (κ1) is 37.5. The molecule has 14 nitrogen and oxygen atoms in total. The van der Waals surface area contributed by atoms with E-state index in [1.165, 1.54) is 11.0 Å². The van der Waals surface area contributed by atoms with Gasteiger partial charge in [0.2, 0.25) is 17.7 Å². The van der Waals surface area contributed by atoms with E-state index in [0.29, 0.717) is 37.9 Å². The van der Waals surface area contributed by atoms with Crippen molar-refractivity contribution in [3.05, 3.63) is 70.9 Å². The van der Waals surface area contributed by atoms with Crippen LogP contribution < -0.4 is 21.3 Å². The molecule has 0 unspecified atom stereocenters. The number of rotatable bonds is 10. The number of anilines is 2. The first-order chi connectivity index (χ1) is 25.3. The van der Waals surface area contributed by atoms with E-state index in [4.69, 9.17) is 5.73 Å². The van der Waals surface area contributed by atoms with Crippen LogP contribution in [0.25, 0.3) is 21.7 Å². The molecular formula is C36H41F2N9O5S. The number of β-amino-alcohol motifs (C(OH)–C–C–N with tert-alkyl or cyclic N) is 1. The minimum absolute atomic E-state index is 0.00885. The number of nitrogens with zero attached hydrogens (tertiary/aromatic N) is 6. The summed E-state index contributed by atoms with van der Waals surface area (Å²) in [4.78, 5) is 50.5. The van der Waals surface area contributed by atoms with Gasteiger partial charge in [0.25, 0.3) is 0 Å². The number of carbonyl (C=O) groups excluding carboxylic acids is 3. The molecule has 53 heavy (non-hydrogen) atoms. The predicted molar refractivity (Wildman–Crippen MR) is 195 cm³/mol. The van der Waals surface area contributed by atoms with Crippen molar-refractivity contribution in [3.8, 4) is 27.4 Å². The Morgan fingerprint density at radius 2 is 1.72 bits per heavy atom. The highest BCUT2D eigenvalue weighted by atomic mass is 32.1. The van der Waals surface area contributed by atoms with E-state index in [1.807, 2.05) is 47.9 Å². The van der Waals surface area contributed by atoms with E-state index in [2.05, 4.69) is 25.8 Å². The number of hydrogen-bond acceptors (Lipinski definition) is 12. The number of piperazine rings is 1. The minimum Gasteiger partial charge on any atom is -0.507 e. The number of amides is 3. The van der Waals surface area contributed by atoms with Gasteiger partial charge in [-0.2, -0.15) is 0 Å². The molecule has 0 aliphatic carbocycles. The van der Waals surface area contributed by atoms with Gasteiger partial charge in [-0.05, 0) is 44.0 Å². The Morgan fingerprint density at radius 3 is 2.40 bits per heavy atom. The Balaban J connectivity index is 1.00. The van der Waals surface area contributed by atoms with E-state index in [0.717, 1.165) is 27.8 Å². The normalized spacial score (nSPS) is 18.8. The van der Waals surface area contributed by atoms with Gasteiger partial charge in [-0.1, -0.05) is 24.3 Å². The molecule has 2 aliphatic heterocycles. The second-order valence-corrected chi connectivity index (χ2v) is 14.2. The predicted octanol–water partition coefficient (Wildman–Crippen LogP) is 2.61. The Labute approximate surface area is 308 Å². The van der Waals surface area contributed by atoms with Gasteiger partial charge in [0.05, 0.1) is 46.2 Å². The molecule has 4 aromatic rings. The number of nitrogens with two attached hydrogens (primary N) is 1. The number of benzene rings is 2. The second-order valence-electron chi connectivity index (χ2n) is 13.4. The van der Waals surface area contributed by atoms with Crippen molar-refractivity contribution >= 4 is 40.6 Å². The number of thiazole rings is 1. The topological polar surface area (TPSA) is 190 Å².